The lowest BCUT2D eigenvalue weighted by Gasteiger charge is -2.33. The number of nitrogens with one attached hydrogen (secondary N) is 1. The Hall–Kier alpha value is -4.11. The number of carbonyl (C=O) groups is 3. The molecule has 0 radical (unpaired) electrons. The number of phenolic OH excluding ortho intramolecular Hbond substituents is 2. The van der Waals surface area contributed by atoms with Crippen LogP contribution in [0.3, 0.4) is 0 Å². The Morgan fingerprint density at radius 3 is 1.98 bits per heavy atom. The van der Waals surface area contributed by atoms with Gasteiger partial charge in [-0.15, -0.1) is 0 Å². The van der Waals surface area contributed by atoms with Crippen LogP contribution in [0.25, 0.3) is 0 Å². The average molecular weight is 626 g/mol. The van der Waals surface area contributed by atoms with Crippen LogP contribution in [-0.2, 0) is 30.3 Å². The molecular formula is C36H51NO8. The van der Waals surface area contributed by atoms with Gasteiger partial charge in [0, 0.05) is 13.0 Å². The van der Waals surface area contributed by atoms with Gasteiger partial charge in [-0.1, -0.05) is 73.8 Å². The molecule has 1 rings (SSSR count). The number of esters is 1. The molecule has 4 N–H and O–H groups in total. The molecule has 1 aromatic carbocycles. The van der Waals surface area contributed by atoms with E-state index in [1.54, 1.807) is 19.9 Å². The minimum Gasteiger partial charge on any atom is -0.504 e. The van der Waals surface area contributed by atoms with Crippen molar-refractivity contribution in [1.29, 1.82) is 0 Å². The first-order valence-corrected chi connectivity index (χ1v) is 15.7. The number of carboxylic acids is 1. The maximum absolute atomic E-state index is 12.9. The number of carbonyl (C=O) groups excluding carboxylic acids is 2. The molecule has 0 saturated heterocycles. The van der Waals surface area contributed by atoms with Crippen LogP contribution >= 0.6 is 0 Å². The van der Waals surface area contributed by atoms with E-state index < -0.39 is 29.6 Å². The Bertz CT molecular complexity index is 1180. The van der Waals surface area contributed by atoms with E-state index in [1.165, 1.54) is 12.1 Å². The predicted octanol–water partition coefficient (Wildman–Crippen LogP) is 6.86. The summed E-state index contributed by atoms with van der Waals surface area (Å²) in [6.07, 6.45) is 26.3. The summed E-state index contributed by atoms with van der Waals surface area (Å²) < 4.78 is 11.5. The lowest BCUT2D eigenvalue weighted by Crippen LogP contribution is -2.52. The van der Waals surface area contributed by atoms with E-state index in [4.69, 9.17) is 14.6 Å². The van der Waals surface area contributed by atoms with E-state index in [0.29, 0.717) is 24.8 Å². The van der Waals surface area contributed by atoms with Crippen LogP contribution in [0, 0.1) is 0 Å². The Kier molecular flexibility index (Phi) is 20.1. The molecular weight excluding hydrogens is 574 g/mol. The van der Waals surface area contributed by atoms with Crippen molar-refractivity contribution in [2.24, 2.45) is 0 Å². The van der Waals surface area contributed by atoms with Gasteiger partial charge >= 0.3 is 11.9 Å². The van der Waals surface area contributed by atoms with Crippen molar-refractivity contribution in [3.63, 3.8) is 0 Å². The molecule has 1 unspecified atom stereocenters. The third kappa shape index (κ3) is 19.0. The Labute approximate surface area is 268 Å². The minimum atomic E-state index is -1.33. The summed E-state index contributed by atoms with van der Waals surface area (Å²) in [6, 6.07) is 4.36. The van der Waals surface area contributed by atoms with Crippen molar-refractivity contribution in [1.82, 2.24) is 5.32 Å². The van der Waals surface area contributed by atoms with Crippen LogP contribution in [0.4, 0.5) is 0 Å². The number of phenols is 2. The first-order chi connectivity index (χ1) is 21.6. The average Bonchev–Trinajstić information content (AvgIpc) is 2.98. The Balaban J connectivity index is 2.47. The number of benzene rings is 1. The van der Waals surface area contributed by atoms with Crippen LogP contribution in [0.2, 0.25) is 0 Å². The second-order valence-electron chi connectivity index (χ2n) is 10.9. The van der Waals surface area contributed by atoms with Crippen molar-refractivity contribution in [3.05, 3.63) is 84.5 Å². The van der Waals surface area contributed by atoms with Crippen LogP contribution in [0.15, 0.2) is 79.0 Å². The normalized spacial score (nSPS) is 13.0. The summed E-state index contributed by atoms with van der Waals surface area (Å²) >= 11 is 0. The molecule has 9 nitrogen and oxygen atoms in total. The fourth-order valence-electron chi connectivity index (χ4n) is 4.13. The molecule has 248 valence electrons. The van der Waals surface area contributed by atoms with Gasteiger partial charge in [-0.05, 0) is 82.9 Å². The molecule has 0 aliphatic carbocycles. The highest BCUT2D eigenvalue weighted by atomic mass is 16.6. The molecule has 0 aliphatic heterocycles. The van der Waals surface area contributed by atoms with Gasteiger partial charge in [0.15, 0.2) is 17.6 Å². The third-order valence-electron chi connectivity index (χ3n) is 6.51. The van der Waals surface area contributed by atoms with E-state index in [1.807, 2.05) is 6.08 Å². The van der Waals surface area contributed by atoms with Crippen molar-refractivity contribution in [3.8, 4) is 11.5 Å². The molecule has 0 heterocycles. The number of hydrogen-bond acceptors (Lipinski definition) is 7. The summed E-state index contributed by atoms with van der Waals surface area (Å²) in [5.74, 6) is -2.64. The van der Waals surface area contributed by atoms with Crippen molar-refractivity contribution >= 4 is 17.8 Å². The smallest absolute Gasteiger partial charge is 0.306 e. The number of amides is 1. The maximum atomic E-state index is 12.9. The summed E-state index contributed by atoms with van der Waals surface area (Å²) in [6.45, 7) is 5.22. The Morgan fingerprint density at radius 2 is 1.42 bits per heavy atom. The number of hydrogen-bond donors (Lipinski definition) is 4. The lowest BCUT2D eigenvalue weighted by atomic mass is 10.00. The van der Waals surface area contributed by atoms with E-state index in [9.17, 15) is 24.6 Å². The lowest BCUT2D eigenvalue weighted by molar-refractivity contribution is -0.177. The summed E-state index contributed by atoms with van der Waals surface area (Å²) in [5.41, 5.74) is -0.668. The molecule has 0 fully saturated rings. The van der Waals surface area contributed by atoms with E-state index >= 15 is 0 Å². The summed E-state index contributed by atoms with van der Waals surface area (Å²) in [5, 5.41) is 30.6. The highest BCUT2D eigenvalue weighted by Gasteiger charge is 2.39. The molecule has 9 heteroatoms. The molecule has 0 spiro atoms. The standard InChI is InChI=1S/C36H51NO8/c1-4-5-6-7-8-9-10-11-12-13-14-15-16-17-18-19-20-21-33(42)45-36(2,3)34(35(43)37-26-24-32(40)41)44-27-25-29-22-23-30(38)31(39)28-29/h5-6,8-9,11-12,14-15,17-18,22-23,28,34,38-39H,4,7,10,13,16,19-21,24-27H2,1-3H3,(H,37,43)(H,40,41). The van der Waals surface area contributed by atoms with Gasteiger partial charge in [-0.2, -0.15) is 0 Å². The maximum Gasteiger partial charge on any atom is 0.306 e. The second kappa shape index (κ2) is 23.3. The first-order valence-electron chi connectivity index (χ1n) is 15.7. The van der Waals surface area contributed by atoms with Gasteiger partial charge in [-0.3, -0.25) is 14.4 Å². The number of unbranched alkanes of at least 4 members (excludes halogenated alkanes) is 1. The van der Waals surface area contributed by atoms with Crippen molar-refractivity contribution in [2.75, 3.05) is 13.2 Å². The zero-order chi connectivity index (χ0) is 33.3. The fourth-order valence-corrected chi connectivity index (χ4v) is 4.13. The zero-order valence-corrected chi connectivity index (χ0v) is 27.0. The molecule has 0 saturated carbocycles. The van der Waals surface area contributed by atoms with Crippen LogP contribution < -0.4 is 5.32 Å². The second-order valence-corrected chi connectivity index (χ2v) is 10.9. The quantitative estimate of drug-likeness (QED) is 0.0447. The molecule has 0 aliphatic rings. The van der Waals surface area contributed by atoms with E-state index in [2.05, 4.69) is 66.9 Å². The monoisotopic (exact) mass is 625 g/mol. The summed E-state index contributed by atoms with van der Waals surface area (Å²) in [4.78, 5) is 36.4. The number of aromatic hydroxyl groups is 2. The highest BCUT2D eigenvalue weighted by Crippen LogP contribution is 2.26. The van der Waals surface area contributed by atoms with Gasteiger partial charge in [0.1, 0.15) is 5.60 Å². The van der Waals surface area contributed by atoms with Gasteiger partial charge in [0.25, 0.3) is 5.91 Å². The SMILES string of the molecule is CCC=CCC=CCC=CCC=CCC=CCCCC(=O)OC(C)(C)C(OCCc1ccc(O)c(O)c1)C(=O)NCCC(=O)O. The number of ether oxygens (including phenoxy) is 2. The largest absolute Gasteiger partial charge is 0.504 e. The topological polar surface area (TPSA) is 142 Å². The van der Waals surface area contributed by atoms with Gasteiger partial charge in [0.2, 0.25) is 0 Å². The number of carboxylic acid groups (broad SMARTS) is 1. The minimum absolute atomic E-state index is 0.0479. The van der Waals surface area contributed by atoms with Gasteiger partial charge < -0.3 is 30.1 Å². The van der Waals surface area contributed by atoms with Crippen LogP contribution in [-0.4, -0.2) is 58.0 Å². The molecule has 0 bridgehead atoms. The molecule has 45 heavy (non-hydrogen) atoms. The summed E-state index contributed by atoms with van der Waals surface area (Å²) in [7, 11) is 0. The van der Waals surface area contributed by atoms with Crippen molar-refractivity contribution < 1.29 is 39.2 Å². The number of aliphatic carboxylic acids is 1. The Morgan fingerprint density at radius 1 is 0.844 bits per heavy atom. The zero-order valence-electron chi connectivity index (χ0n) is 27.0. The molecule has 1 aromatic rings. The molecule has 1 atom stereocenters. The number of allylic oxidation sites excluding steroid dienone is 10. The van der Waals surface area contributed by atoms with E-state index in [0.717, 1.165) is 32.1 Å². The predicted molar refractivity (Wildman–Crippen MR) is 177 cm³/mol. The van der Waals surface area contributed by atoms with Gasteiger partial charge in [0.05, 0.1) is 13.0 Å². The fraction of sp³-hybridized carbons (Fsp3) is 0.472. The van der Waals surface area contributed by atoms with Gasteiger partial charge in [-0.25, -0.2) is 0 Å². The number of rotatable bonds is 23. The van der Waals surface area contributed by atoms with E-state index in [-0.39, 0.29) is 37.5 Å². The van der Waals surface area contributed by atoms with Crippen LogP contribution in [0.5, 0.6) is 11.5 Å². The highest BCUT2D eigenvalue weighted by molar-refractivity contribution is 5.83. The molecule has 0 aromatic heterocycles. The molecule has 1 amide bonds. The third-order valence-corrected chi connectivity index (χ3v) is 6.51. The van der Waals surface area contributed by atoms with Crippen molar-refractivity contribution in [2.45, 2.75) is 96.7 Å². The first kappa shape index (κ1) is 38.9. The van der Waals surface area contributed by atoms with Crippen LogP contribution in [0.1, 0.15) is 84.1 Å².